The van der Waals surface area contributed by atoms with Crippen molar-refractivity contribution >= 4 is 0 Å². The Morgan fingerprint density at radius 2 is 2.15 bits per heavy atom. The van der Waals surface area contributed by atoms with Crippen LogP contribution in [0.4, 0.5) is 0 Å². The summed E-state index contributed by atoms with van der Waals surface area (Å²) in [5, 5.41) is 3.85. The first-order valence-electron chi connectivity index (χ1n) is 6.93. The maximum atomic E-state index is 5.22. The highest BCUT2D eigenvalue weighted by Crippen LogP contribution is 2.33. The number of aryl methyl sites for hydroxylation is 1. The first-order valence-corrected chi connectivity index (χ1v) is 6.93. The predicted molar refractivity (Wildman–Crippen MR) is 74.4 cm³/mol. The van der Waals surface area contributed by atoms with E-state index >= 15 is 0 Å². The number of hydrogen-bond acceptors (Lipinski definition) is 5. The van der Waals surface area contributed by atoms with Crippen molar-refractivity contribution in [2.75, 3.05) is 13.7 Å². The number of aromatic nitrogens is 2. The highest BCUT2D eigenvalue weighted by atomic mass is 16.5. The standard InChI is InChI=1S/C15H19N3O2/c1-11-16-15(20-17-11)10-18-9-3-4-14(18)12-5-7-13(19-2)8-6-12/h5-8,14H,3-4,9-10H2,1-2H3. The molecule has 1 aliphatic heterocycles. The van der Waals surface area contributed by atoms with Crippen LogP contribution in [0, 0.1) is 6.92 Å². The summed E-state index contributed by atoms with van der Waals surface area (Å²) in [7, 11) is 1.69. The molecule has 20 heavy (non-hydrogen) atoms. The highest BCUT2D eigenvalue weighted by Gasteiger charge is 2.27. The van der Waals surface area contributed by atoms with Crippen LogP contribution in [0.25, 0.3) is 0 Å². The van der Waals surface area contributed by atoms with Gasteiger partial charge in [0.2, 0.25) is 5.89 Å². The molecule has 0 aliphatic carbocycles. The van der Waals surface area contributed by atoms with Gasteiger partial charge in [0.25, 0.3) is 0 Å². The number of ether oxygens (including phenoxy) is 1. The molecule has 1 saturated heterocycles. The average molecular weight is 273 g/mol. The van der Waals surface area contributed by atoms with Crippen molar-refractivity contribution in [2.45, 2.75) is 32.4 Å². The molecule has 0 amide bonds. The molecule has 0 radical (unpaired) electrons. The lowest BCUT2D eigenvalue weighted by Crippen LogP contribution is -2.22. The zero-order valence-electron chi connectivity index (χ0n) is 11.9. The van der Waals surface area contributed by atoms with E-state index in [1.54, 1.807) is 7.11 Å². The third-order valence-electron chi connectivity index (χ3n) is 3.77. The Bertz CT molecular complexity index is 565. The van der Waals surface area contributed by atoms with Crippen LogP contribution in [-0.2, 0) is 6.54 Å². The minimum absolute atomic E-state index is 0.424. The van der Waals surface area contributed by atoms with Crippen LogP contribution >= 0.6 is 0 Å². The number of methoxy groups -OCH3 is 1. The summed E-state index contributed by atoms with van der Waals surface area (Å²) in [4.78, 5) is 6.69. The van der Waals surface area contributed by atoms with Gasteiger partial charge in [0.05, 0.1) is 13.7 Å². The number of benzene rings is 1. The van der Waals surface area contributed by atoms with Gasteiger partial charge in [-0.2, -0.15) is 4.98 Å². The summed E-state index contributed by atoms with van der Waals surface area (Å²) >= 11 is 0. The molecule has 1 unspecified atom stereocenters. The van der Waals surface area contributed by atoms with Crippen molar-refractivity contribution in [2.24, 2.45) is 0 Å². The molecule has 2 heterocycles. The van der Waals surface area contributed by atoms with Crippen molar-refractivity contribution in [3.63, 3.8) is 0 Å². The number of rotatable bonds is 4. The molecule has 0 spiro atoms. The zero-order chi connectivity index (χ0) is 13.9. The van der Waals surface area contributed by atoms with Crippen molar-refractivity contribution in [3.05, 3.63) is 41.5 Å². The Morgan fingerprint density at radius 3 is 2.80 bits per heavy atom. The molecule has 0 bridgehead atoms. The molecule has 5 nitrogen and oxygen atoms in total. The molecule has 5 heteroatoms. The maximum absolute atomic E-state index is 5.22. The third-order valence-corrected chi connectivity index (χ3v) is 3.77. The van der Waals surface area contributed by atoms with E-state index in [0.29, 0.717) is 17.8 Å². The highest BCUT2D eigenvalue weighted by molar-refractivity contribution is 5.29. The second-order valence-electron chi connectivity index (χ2n) is 5.14. The molecule has 1 fully saturated rings. The molecular formula is C15H19N3O2. The minimum Gasteiger partial charge on any atom is -0.497 e. The third kappa shape index (κ3) is 2.67. The Balaban J connectivity index is 1.74. The van der Waals surface area contributed by atoms with Crippen molar-refractivity contribution < 1.29 is 9.26 Å². The van der Waals surface area contributed by atoms with Crippen LogP contribution in [0.1, 0.15) is 36.2 Å². The van der Waals surface area contributed by atoms with Gasteiger partial charge in [-0.05, 0) is 44.0 Å². The fraction of sp³-hybridized carbons (Fsp3) is 0.467. The summed E-state index contributed by atoms with van der Waals surface area (Å²) in [6.07, 6.45) is 2.36. The average Bonchev–Trinajstić information content (AvgIpc) is 3.09. The molecule has 1 aromatic heterocycles. The molecule has 2 aromatic rings. The fourth-order valence-corrected chi connectivity index (χ4v) is 2.80. The van der Waals surface area contributed by atoms with Gasteiger partial charge in [-0.25, -0.2) is 0 Å². The van der Waals surface area contributed by atoms with Gasteiger partial charge in [-0.3, -0.25) is 4.90 Å². The van der Waals surface area contributed by atoms with Gasteiger partial charge in [-0.15, -0.1) is 0 Å². The summed E-state index contributed by atoms with van der Waals surface area (Å²) in [5.41, 5.74) is 1.32. The quantitative estimate of drug-likeness (QED) is 0.857. The molecule has 106 valence electrons. The van der Waals surface area contributed by atoms with E-state index in [0.717, 1.165) is 18.8 Å². The van der Waals surface area contributed by atoms with Gasteiger partial charge in [0, 0.05) is 6.04 Å². The smallest absolute Gasteiger partial charge is 0.240 e. The lowest BCUT2D eigenvalue weighted by Gasteiger charge is -2.23. The zero-order valence-corrected chi connectivity index (χ0v) is 11.9. The predicted octanol–water partition coefficient (Wildman–Crippen LogP) is 2.72. The van der Waals surface area contributed by atoms with Crippen LogP contribution < -0.4 is 4.74 Å². The summed E-state index contributed by atoms with van der Waals surface area (Å²) < 4.78 is 10.4. The van der Waals surface area contributed by atoms with Crippen LogP contribution in [-0.4, -0.2) is 28.7 Å². The lowest BCUT2D eigenvalue weighted by atomic mass is 10.0. The van der Waals surface area contributed by atoms with Gasteiger partial charge < -0.3 is 9.26 Å². The Hall–Kier alpha value is -1.88. The van der Waals surface area contributed by atoms with E-state index in [-0.39, 0.29) is 0 Å². The molecule has 0 N–H and O–H groups in total. The van der Waals surface area contributed by atoms with Crippen LogP contribution in [0.3, 0.4) is 0 Å². The number of nitrogens with zero attached hydrogens (tertiary/aromatic N) is 3. The van der Waals surface area contributed by atoms with E-state index in [4.69, 9.17) is 9.26 Å². The largest absolute Gasteiger partial charge is 0.497 e. The minimum atomic E-state index is 0.424. The van der Waals surface area contributed by atoms with E-state index in [1.807, 2.05) is 19.1 Å². The molecule has 1 atom stereocenters. The number of likely N-dealkylation sites (tertiary alicyclic amines) is 1. The topological polar surface area (TPSA) is 51.4 Å². The number of hydrogen-bond donors (Lipinski definition) is 0. The second kappa shape index (κ2) is 5.63. The maximum Gasteiger partial charge on any atom is 0.240 e. The van der Waals surface area contributed by atoms with Crippen molar-refractivity contribution in [1.29, 1.82) is 0 Å². The first kappa shape index (κ1) is 13.1. The molecule has 0 saturated carbocycles. The normalized spacial score (nSPS) is 19.4. The van der Waals surface area contributed by atoms with E-state index in [9.17, 15) is 0 Å². The fourth-order valence-electron chi connectivity index (χ4n) is 2.80. The van der Waals surface area contributed by atoms with Crippen molar-refractivity contribution in [1.82, 2.24) is 15.0 Å². The molecular weight excluding hydrogens is 254 g/mol. The molecule has 1 aliphatic rings. The first-order chi connectivity index (χ1) is 9.76. The van der Waals surface area contributed by atoms with E-state index < -0.39 is 0 Å². The Morgan fingerprint density at radius 1 is 1.35 bits per heavy atom. The van der Waals surface area contributed by atoms with Gasteiger partial charge in [-0.1, -0.05) is 17.3 Å². The second-order valence-corrected chi connectivity index (χ2v) is 5.14. The van der Waals surface area contributed by atoms with Crippen molar-refractivity contribution in [3.8, 4) is 5.75 Å². The van der Waals surface area contributed by atoms with E-state index in [1.165, 1.54) is 18.4 Å². The summed E-state index contributed by atoms with van der Waals surface area (Å²) in [6.45, 7) is 3.63. The van der Waals surface area contributed by atoms with E-state index in [2.05, 4.69) is 27.2 Å². The molecule has 3 rings (SSSR count). The molecule has 1 aromatic carbocycles. The summed E-state index contributed by atoms with van der Waals surface area (Å²) in [6, 6.07) is 8.74. The summed E-state index contributed by atoms with van der Waals surface area (Å²) in [5.74, 6) is 2.29. The van der Waals surface area contributed by atoms with Crippen LogP contribution in [0.5, 0.6) is 5.75 Å². The Kier molecular flexibility index (Phi) is 3.69. The monoisotopic (exact) mass is 273 g/mol. The van der Waals surface area contributed by atoms with Gasteiger partial charge in [0.1, 0.15) is 5.75 Å². The lowest BCUT2D eigenvalue weighted by molar-refractivity contribution is 0.212. The van der Waals surface area contributed by atoms with Crippen LogP contribution in [0.2, 0.25) is 0 Å². The van der Waals surface area contributed by atoms with Gasteiger partial charge >= 0.3 is 0 Å². The Labute approximate surface area is 118 Å². The SMILES string of the molecule is COc1ccc(C2CCCN2Cc2nc(C)no2)cc1. The van der Waals surface area contributed by atoms with Gasteiger partial charge in [0.15, 0.2) is 5.82 Å². The van der Waals surface area contributed by atoms with Crippen LogP contribution in [0.15, 0.2) is 28.8 Å².